The Hall–Kier alpha value is -0.280. The maximum absolute atomic E-state index is 11.7. The Morgan fingerprint density at radius 1 is 1.40 bits per heavy atom. The number of nitrogens with two attached hydrogens (primary N) is 1. The highest BCUT2D eigenvalue weighted by atomic mass is 35.5. The van der Waals surface area contributed by atoms with Crippen molar-refractivity contribution in [3.63, 3.8) is 0 Å². The minimum absolute atomic E-state index is 0. The molecule has 0 fully saturated rings. The summed E-state index contributed by atoms with van der Waals surface area (Å²) in [5.74, 6) is 0.698. The monoisotopic (exact) mass is 236 g/mol. The Kier molecular flexibility index (Phi) is 10.3. The van der Waals surface area contributed by atoms with Crippen LogP contribution >= 0.6 is 12.4 Å². The molecular formula is C11H25ClN2O. The molecule has 0 heterocycles. The fourth-order valence-corrected chi connectivity index (χ4v) is 1.44. The molecule has 2 atom stereocenters. The van der Waals surface area contributed by atoms with Crippen LogP contribution in [0.5, 0.6) is 0 Å². The van der Waals surface area contributed by atoms with Gasteiger partial charge in [-0.3, -0.25) is 4.79 Å². The van der Waals surface area contributed by atoms with E-state index in [9.17, 15) is 4.79 Å². The van der Waals surface area contributed by atoms with Crippen molar-refractivity contribution in [2.45, 2.75) is 46.1 Å². The van der Waals surface area contributed by atoms with E-state index in [1.165, 1.54) is 0 Å². The van der Waals surface area contributed by atoms with Gasteiger partial charge in [-0.25, -0.2) is 0 Å². The lowest BCUT2D eigenvalue weighted by atomic mass is 10.0. The summed E-state index contributed by atoms with van der Waals surface area (Å²) in [5, 5.41) is 0. The van der Waals surface area contributed by atoms with E-state index in [0.29, 0.717) is 18.9 Å². The number of rotatable bonds is 6. The van der Waals surface area contributed by atoms with Gasteiger partial charge < -0.3 is 10.6 Å². The van der Waals surface area contributed by atoms with Crippen molar-refractivity contribution < 1.29 is 4.79 Å². The molecule has 2 N–H and O–H groups in total. The lowest BCUT2D eigenvalue weighted by molar-refractivity contribution is -0.132. The molecular weight excluding hydrogens is 212 g/mol. The number of nitrogens with zero attached hydrogens (tertiary/aromatic N) is 1. The highest BCUT2D eigenvalue weighted by molar-refractivity contribution is 5.85. The van der Waals surface area contributed by atoms with Gasteiger partial charge in [-0.05, 0) is 12.8 Å². The number of hydrogen-bond donors (Lipinski definition) is 1. The van der Waals surface area contributed by atoms with Crippen molar-refractivity contribution in [3.05, 3.63) is 0 Å². The van der Waals surface area contributed by atoms with Gasteiger partial charge in [-0.1, -0.05) is 26.7 Å². The van der Waals surface area contributed by atoms with E-state index in [4.69, 9.17) is 5.73 Å². The molecule has 0 aliphatic rings. The van der Waals surface area contributed by atoms with Gasteiger partial charge >= 0.3 is 0 Å². The van der Waals surface area contributed by atoms with E-state index < -0.39 is 0 Å². The van der Waals surface area contributed by atoms with Crippen LogP contribution in [-0.4, -0.2) is 30.4 Å². The van der Waals surface area contributed by atoms with Crippen molar-refractivity contribution in [1.82, 2.24) is 4.90 Å². The number of likely N-dealkylation sites (N-methyl/N-ethyl adjacent to an activating group) is 1. The second kappa shape index (κ2) is 8.98. The van der Waals surface area contributed by atoms with Gasteiger partial charge in [0, 0.05) is 26.1 Å². The van der Waals surface area contributed by atoms with E-state index >= 15 is 0 Å². The predicted molar refractivity (Wildman–Crippen MR) is 67.2 cm³/mol. The fraction of sp³-hybridized carbons (Fsp3) is 0.909. The zero-order valence-electron chi connectivity index (χ0n) is 10.3. The molecule has 4 heteroatoms. The summed E-state index contributed by atoms with van der Waals surface area (Å²) in [7, 11) is 1.83. The summed E-state index contributed by atoms with van der Waals surface area (Å²) in [6, 6.07) is 0.149. The number of carbonyl (C=O) groups excluding carboxylic acids is 1. The van der Waals surface area contributed by atoms with Crippen LogP contribution in [-0.2, 0) is 4.79 Å². The molecule has 15 heavy (non-hydrogen) atoms. The summed E-state index contributed by atoms with van der Waals surface area (Å²) in [4.78, 5) is 13.5. The van der Waals surface area contributed by atoms with Crippen molar-refractivity contribution in [3.8, 4) is 0 Å². The van der Waals surface area contributed by atoms with Gasteiger partial charge in [0.25, 0.3) is 0 Å². The number of halogens is 1. The average Bonchev–Trinajstić information content (AvgIpc) is 2.15. The molecule has 3 nitrogen and oxygen atoms in total. The van der Waals surface area contributed by atoms with Crippen molar-refractivity contribution in [2.24, 2.45) is 11.7 Å². The molecule has 0 radical (unpaired) electrons. The molecule has 0 aliphatic heterocycles. The third-order valence-corrected chi connectivity index (χ3v) is 2.70. The van der Waals surface area contributed by atoms with Gasteiger partial charge in [0.1, 0.15) is 0 Å². The van der Waals surface area contributed by atoms with Crippen LogP contribution in [0.2, 0.25) is 0 Å². The number of amides is 1. The molecule has 1 amide bonds. The van der Waals surface area contributed by atoms with Crippen LogP contribution in [0.15, 0.2) is 0 Å². The minimum Gasteiger partial charge on any atom is -0.342 e. The Bertz CT molecular complexity index is 176. The Labute approximate surface area is 99.8 Å². The zero-order valence-corrected chi connectivity index (χ0v) is 11.1. The van der Waals surface area contributed by atoms with E-state index in [0.717, 1.165) is 12.8 Å². The third kappa shape index (κ3) is 6.74. The van der Waals surface area contributed by atoms with Crippen LogP contribution in [0, 0.1) is 5.92 Å². The van der Waals surface area contributed by atoms with Gasteiger partial charge in [0.05, 0.1) is 0 Å². The number of carbonyl (C=O) groups is 1. The summed E-state index contributed by atoms with van der Waals surface area (Å²) >= 11 is 0. The van der Waals surface area contributed by atoms with Gasteiger partial charge in [-0.2, -0.15) is 0 Å². The molecule has 0 aromatic carbocycles. The van der Waals surface area contributed by atoms with Crippen molar-refractivity contribution >= 4 is 18.3 Å². The summed E-state index contributed by atoms with van der Waals surface area (Å²) in [5.41, 5.74) is 5.51. The largest absolute Gasteiger partial charge is 0.342 e. The maximum atomic E-state index is 11.7. The van der Waals surface area contributed by atoms with E-state index in [1.807, 2.05) is 14.0 Å². The minimum atomic E-state index is 0. The lowest BCUT2D eigenvalue weighted by Gasteiger charge is -2.25. The first-order valence-corrected chi connectivity index (χ1v) is 5.48. The summed E-state index contributed by atoms with van der Waals surface area (Å²) in [6.45, 7) is 6.78. The Balaban J connectivity index is 0. The van der Waals surface area contributed by atoms with Gasteiger partial charge in [0.15, 0.2) is 0 Å². The lowest BCUT2D eigenvalue weighted by Crippen LogP contribution is -2.40. The molecule has 0 aromatic rings. The van der Waals surface area contributed by atoms with Crippen LogP contribution < -0.4 is 5.73 Å². The first-order valence-electron chi connectivity index (χ1n) is 5.48. The molecule has 0 rings (SSSR count). The number of hydrogen-bond acceptors (Lipinski definition) is 2. The molecule has 0 aliphatic carbocycles. The third-order valence-electron chi connectivity index (χ3n) is 2.70. The summed E-state index contributed by atoms with van der Waals surface area (Å²) in [6.07, 6.45) is 2.91. The van der Waals surface area contributed by atoms with Crippen LogP contribution in [0.25, 0.3) is 0 Å². The van der Waals surface area contributed by atoms with Crippen LogP contribution in [0.3, 0.4) is 0 Å². The molecule has 0 bridgehead atoms. The SMILES string of the molecule is CCCC(C)CC(=O)N(C)C(C)CN.Cl. The van der Waals surface area contributed by atoms with E-state index in [-0.39, 0.29) is 24.4 Å². The van der Waals surface area contributed by atoms with E-state index in [1.54, 1.807) is 4.90 Å². The first kappa shape index (κ1) is 17.1. The predicted octanol–water partition coefficient (Wildman–Crippen LogP) is 2.04. The first-order chi connectivity index (χ1) is 6.52. The Morgan fingerprint density at radius 2 is 1.93 bits per heavy atom. The summed E-state index contributed by atoms with van der Waals surface area (Å²) < 4.78 is 0. The van der Waals surface area contributed by atoms with Crippen LogP contribution in [0.4, 0.5) is 0 Å². The highest BCUT2D eigenvalue weighted by Gasteiger charge is 2.16. The topological polar surface area (TPSA) is 46.3 Å². The van der Waals surface area contributed by atoms with Crippen molar-refractivity contribution in [1.29, 1.82) is 0 Å². The van der Waals surface area contributed by atoms with Crippen molar-refractivity contribution in [2.75, 3.05) is 13.6 Å². The average molecular weight is 237 g/mol. The second-order valence-corrected chi connectivity index (χ2v) is 4.19. The fourth-order valence-electron chi connectivity index (χ4n) is 1.44. The zero-order chi connectivity index (χ0) is 11.1. The van der Waals surface area contributed by atoms with Gasteiger partial charge in [0.2, 0.25) is 5.91 Å². The molecule has 2 unspecified atom stereocenters. The Morgan fingerprint density at radius 3 is 2.33 bits per heavy atom. The molecule has 0 saturated carbocycles. The molecule has 92 valence electrons. The quantitative estimate of drug-likeness (QED) is 0.767. The second-order valence-electron chi connectivity index (χ2n) is 4.19. The maximum Gasteiger partial charge on any atom is 0.222 e. The van der Waals surface area contributed by atoms with Gasteiger partial charge in [-0.15, -0.1) is 12.4 Å². The smallest absolute Gasteiger partial charge is 0.222 e. The standard InChI is InChI=1S/C11H24N2O.ClH/c1-5-6-9(2)7-11(14)13(4)10(3)8-12;/h9-10H,5-8,12H2,1-4H3;1H. The highest BCUT2D eigenvalue weighted by Crippen LogP contribution is 2.12. The molecule has 0 saturated heterocycles. The van der Waals surface area contributed by atoms with E-state index in [2.05, 4.69) is 13.8 Å². The molecule has 0 aromatic heterocycles. The normalized spacial score (nSPS) is 13.9. The van der Waals surface area contributed by atoms with Crippen LogP contribution in [0.1, 0.15) is 40.0 Å². The molecule has 0 spiro atoms.